The van der Waals surface area contributed by atoms with Crippen molar-refractivity contribution in [1.29, 1.82) is 5.26 Å². The summed E-state index contributed by atoms with van der Waals surface area (Å²) < 4.78 is 5.30. The topological polar surface area (TPSA) is 82.4 Å². The van der Waals surface area contributed by atoms with Crippen LogP contribution in [0.5, 0.6) is 5.75 Å². The van der Waals surface area contributed by atoms with Gasteiger partial charge in [-0.25, -0.2) is 0 Å². The molecular formula is C15H17N3O3. The third kappa shape index (κ3) is 3.72. The number of nitriles is 1. The highest BCUT2D eigenvalue weighted by atomic mass is 16.5. The monoisotopic (exact) mass is 287 g/mol. The zero-order valence-corrected chi connectivity index (χ0v) is 11.9. The van der Waals surface area contributed by atoms with Crippen molar-refractivity contribution in [2.24, 2.45) is 0 Å². The van der Waals surface area contributed by atoms with Crippen LogP contribution in [0.4, 0.5) is 5.69 Å². The Balaban J connectivity index is 2.15. The quantitative estimate of drug-likeness (QED) is 0.893. The lowest BCUT2D eigenvalue weighted by Gasteiger charge is -2.18. The molecule has 2 amide bonds. The number of ether oxygens (including phenoxy) is 1. The van der Waals surface area contributed by atoms with Crippen LogP contribution in [0.1, 0.15) is 24.8 Å². The van der Waals surface area contributed by atoms with Crippen LogP contribution in [-0.2, 0) is 16.1 Å². The summed E-state index contributed by atoms with van der Waals surface area (Å²) >= 11 is 0. The predicted octanol–water partition coefficient (Wildman–Crippen LogP) is 1.67. The summed E-state index contributed by atoms with van der Waals surface area (Å²) in [6, 6.07) is 7.04. The van der Waals surface area contributed by atoms with Crippen LogP contribution in [0.15, 0.2) is 18.2 Å². The van der Waals surface area contributed by atoms with Crippen molar-refractivity contribution in [3.63, 3.8) is 0 Å². The molecular weight excluding hydrogens is 270 g/mol. The molecule has 1 saturated heterocycles. The summed E-state index contributed by atoms with van der Waals surface area (Å²) in [7, 11) is 1.57. The predicted molar refractivity (Wildman–Crippen MR) is 76.5 cm³/mol. The molecule has 0 aliphatic carbocycles. The molecule has 1 fully saturated rings. The Morgan fingerprint density at radius 3 is 2.95 bits per heavy atom. The van der Waals surface area contributed by atoms with Gasteiger partial charge >= 0.3 is 0 Å². The average molecular weight is 287 g/mol. The molecule has 0 saturated carbocycles. The van der Waals surface area contributed by atoms with Crippen molar-refractivity contribution in [2.45, 2.75) is 25.8 Å². The number of likely N-dealkylation sites (tertiary alicyclic amines) is 1. The number of hydrogen-bond acceptors (Lipinski definition) is 4. The highest BCUT2D eigenvalue weighted by Gasteiger charge is 2.21. The zero-order valence-electron chi connectivity index (χ0n) is 11.9. The van der Waals surface area contributed by atoms with E-state index in [1.54, 1.807) is 36.3 Å². The van der Waals surface area contributed by atoms with Crippen LogP contribution in [0.25, 0.3) is 0 Å². The zero-order chi connectivity index (χ0) is 15.2. The number of methoxy groups -OCH3 is 1. The van der Waals surface area contributed by atoms with Crippen LogP contribution in [0.2, 0.25) is 0 Å². The second-order valence-electron chi connectivity index (χ2n) is 4.83. The van der Waals surface area contributed by atoms with Gasteiger partial charge < -0.3 is 15.0 Å². The Morgan fingerprint density at radius 1 is 1.52 bits per heavy atom. The van der Waals surface area contributed by atoms with E-state index in [1.165, 1.54) is 0 Å². The number of anilines is 1. The molecule has 0 atom stereocenters. The van der Waals surface area contributed by atoms with Gasteiger partial charge in [0.15, 0.2) is 0 Å². The van der Waals surface area contributed by atoms with Crippen molar-refractivity contribution in [2.75, 3.05) is 19.0 Å². The van der Waals surface area contributed by atoms with E-state index in [0.29, 0.717) is 24.4 Å². The van der Waals surface area contributed by atoms with Gasteiger partial charge in [0.25, 0.3) is 0 Å². The molecule has 1 aromatic carbocycles. The van der Waals surface area contributed by atoms with E-state index >= 15 is 0 Å². The van der Waals surface area contributed by atoms with Gasteiger partial charge in [-0.15, -0.1) is 0 Å². The maximum Gasteiger partial charge on any atom is 0.238 e. The summed E-state index contributed by atoms with van der Waals surface area (Å²) in [4.78, 5) is 24.9. The highest BCUT2D eigenvalue weighted by molar-refractivity contribution is 5.92. The number of benzene rings is 1. The number of rotatable bonds is 5. The van der Waals surface area contributed by atoms with E-state index < -0.39 is 0 Å². The van der Waals surface area contributed by atoms with E-state index in [0.717, 1.165) is 18.5 Å². The molecule has 0 radical (unpaired) electrons. The van der Waals surface area contributed by atoms with E-state index in [4.69, 9.17) is 10.00 Å². The fourth-order valence-corrected chi connectivity index (χ4v) is 2.33. The van der Waals surface area contributed by atoms with Crippen LogP contribution in [0, 0.1) is 11.3 Å². The lowest BCUT2D eigenvalue weighted by molar-refractivity contribution is -0.128. The van der Waals surface area contributed by atoms with Crippen LogP contribution >= 0.6 is 0 Å². The average Bonchev–Trinajstić information content (AvgIpc) is 2.85. The van der Waals surface area contributed by atoms with Crippen molar-refractivity contribution >= 4 is 17.5 Å². The lowest BCUT2D eigenvalue weighted by Crippen LogP contribution is -2.24. The van der Waals surface area contributed by atoms with Gasteiger partial charge in [-0.2, -0.15) is 5.26 Å². The highest BCUT2D eigenvalue weighted by Crippen LogP contribution is 2.26. The largest absolute Gasteiger partial charge is 0.496 e. The fourth-order valence-electron chi connectivity index (χ4n) is 2.33. The molecule has 1 heterocycles. The van der Waals surface area contributed by atoms with Crippen LogP contribution < -0.4 is 10.1 Å². The van der Waals surface area contributed by atoms with Gasteiger partial charge in [-0.3, -0.25) is 9.59 Å². The van der Waals surface area contributed by atoms with E-state index in [9.17, 15) is 9.59 Å². The standard InChI is InChI=1S/C15H17N3O3/c1-21-13-5-4-12(17-14(19)6-7-16)9-11(13)10-18-8-2-3-15(18)20/h4-5,9H,2-3,6,8,10H2,1H3,(H,17,19). The van der Waals surface area contributed by atoms with Crippen LogP contribution in [-0.4, -0.2) is 30.4 Å². The molecule has 0 spiro atoms. The smallest absolute Gasteiger partial charge is 0.238 e. The molecule has 21 heavy (non-hydrogen) atoms. The van der Waals surface area contributed by atoms with Crippen molar-refractivity contribution in [1.82, 2.24) is 4.90 Å². The Labute approximate surface area is 123 Å². The van der Waals surface area contributed by atoms with Crippen LogP contribution in [0.3, 0.4) is 0 Å². The van der Waals surface area contributed by atoms with Crippen molar-refractivity contribution < 1.29 is 14.3 Å². The minimum absolute atomic E-state index is 0.135. The molecule has 1 aliphatic rings. The molecule has 6 heteroatoms. The Morgan fingerprint density at radius 2 is 2.33 bits per heavy atom. The van der Waals surface area contributed by atoms with E-state index in [-0.39, 0.29) is 18.2 Å². The first-order chi connectivity index (χ1) is 10.1. The third-order valence-electron chi connectivity index (χ3n) is 3.34. The number of hydrogen-bond donors (Lipinski definition) is 1. The first-order valence-corrected chi connectivity index (χ1v) is 6.75. The normalized spacial score (nSPS) is 13.9. The minimum Gasteiger partial charge on any atom is -0.496 e. The first-order valence-electron chi connectivity index (χ1n) is 6.75. The van der Waals surface area contributed by atoms with Gasteiger partial charge in [0, 0.05) is 30.8 Å². The SMILES string of the molecule is COc1ccc(NC(=O)CC#N)cc1CN1CCCC1=O. The van der Waals surface area contributed by atoms with E-state index in [2.05, 4.69) is 5.32 Å². The Kier molecular flexibility index (Phi) is 4.77. The Hall–Kier alpha value is -2.55. The second kappa shape index (κ2) is 6.75. The van der Waals surface area contributed by atoms with Gasteiger partial charge in [-0.05, 0) is 24.6 Å². The van der Waals surface area contributed by atoms with Gasteiger partial charge in [0.2, 0.25) is 11.8 Å². The molecule has 0 aromatic heterocycles. The van der Waals surface area contributed by atoms with Crippen molar-refractivity contribution in [3.05, 3.63) is 23.8 Å². The third-order valence-corrected chi connectivity index (χ3v) is 3.34. The van der Waals surface area contributed by atoms with Gasteiger partial charge in [0.05, 0.1) is 13.2 Å². The lowest BCUT2D eigenvalue weighted by atomic mass is 10.1. The fraction of sp³-hybridized carbons (Fsp3) is 0.400. The van der Waals surface area contributed by atoms with Crippen molar-refractivity contribution in [3.8, 4) is 11.8 Å². The Bertz CT molecular complexity index is 592. The number of amides is 2. The molecule has 0 bridgehead atoms. The molecule has 0 unspecified atom stereocenters. The molecule has 1 aromatic rings. The number of nitrogens with zero attached hydrogens (tertiary/aromatic N) is 2. The second-order valence-corrected chi connectivity index (χ2v) is 4.83. The number of carbonyl (C=O) groups excluding carboxylic acids is 2. The maximum absolute atomic E-state index is 11.7. The van der Waals surface area contributed by atoms with Gasteiger partial charge in [-0.1, -0.05) is 0 Å². The van der Waals surface area contributed by atoms with E-state index in [1.807, 2.05) is 0 Å². The van der Waals surface area contributed by atoms with Gasteiger partial charge in [0.1, 0.15) is 12.2 Å². The first kappa shape index (κ1) is 14.9. The summed E-state index contributed by atoms with van der Waals surface area (Å²) in [5.41, 5.74) is 1.43. The summed E-state index contributed by atoms with van der Waals surface area (Å²) in [6.07, 6.45) is 1.27. The molecule has 2 rings (SSSR count). The molecule has 6 nitrogen and oxygen atoms in total. The maximum atomic E-state index is 11.7. The summed E-state index contributed by atoms with van der Waals surface area (Å²) in [5, 5.41) is 11.1. The number of carbonyl (C=O) groups is 2. The molecule has 1 N–H and O–H groups in total. The summed E-state index contributed by atoms with van der Waals surface area (Å²) in [5.74, 6) is 0.454. The molecule has 1 aliphatic heterocycles. The minimum atomic E-state index is -0.356. The molecule has 110 valence electrons. The number of nitrogens with one attached hydrogen (secondary N) is 1. The summed E-state index contributed by atoms with van der Waals surface area (Å²) in [6.45, 7) is 1.21.